The number of benzene rings is 1. The standard InChI is InChI=1S/C13H12Cl2N2O2/c1-19-13(18)8-17-7-10(6-16)4-9-2-3-11(14)12(15)5-9/h2-3,5,7,17H,4,8H2,1H3/b10-7-. The van der Waals surface area contributed by atoms with E-state index in [0.717, 1.165) is 5.56 Å². The summed E-state index contributed by atoms with van der Waals surface area (Å²) in [4.78, 5) is 10.9. The molecule has 0 atom stereocenters. The van der Waals surface area contributed by atoms with Gasteiger partial charge in [-0.2, -0.15) is 5.26 Å². The van der Waals surface area contributed by atoms with Crippen molar-refractivity contribution in [1.29, 1.82) is 5.26 Å². The zero-order chi connectivity index (χ0) is 14.3. The van der Waals surface area contributed by atoms with Crippen LogP contribution in [0.1, 0.15) is 5.56 Å². The van der Waals surface area contributed by atoms with Gasteiger partial charge in [-0.3, -0.25) is 4.79 Å². The number of methoxy groups -OCH3 is 1. The molecule has 0 bridgehead atoms. The Hall–Kier alpha value is -1.70. The summed E-state index contributed by atoms with van der Waals surface area (Å²) in [6.45, 7) is 0.0169. The van der Waals surface area contributed by atoms with Gasteiger partial charge in [-0.25, -0.2) is 0 Å². The number of esters is 1. The zero-order valence-electron chi connectivity index (χ0n) is 10.2. The number of carbonyl (C=O) groups is 1. The number of hydrogen-bond acceptors (Lipinski definition) is 4. The Kier molecular flexibility index (Phi) is 6.20. The summed E-state index contributed by atoms with van der Waals surface area (Å²) in [6.07, 6.45) is 1.89. The molecule has 0 saturated heterocycles. The van der Waals surface area contributed by atoms with Gasteiger partial charge >= 0.3 is 5.97 Å². The Morgan fingerprint density at radius 1 is 1.47 bits per heavy atom. The van der Waals surface area contributed by atoms with Gasteiger partial charge in [0.05, 0.1) is 23.2 Å². The third-order valence-electron chi connectivity index (χ3n) is 2.27. The number of ether oxygens (including phenoxy) is 1. The molecule has 0 saturated carbocycles. The maximum absolute atomic E-state index is 10.9. The minimum atomic E-state index is -0.400. The number of rotatable bonds is 5. The van der Waals surface area contributed by atoms with Crippen molar-refractivity contribution < 1.29 is 9.53 Å². The van der Waals surface area contributed by atoms with Gasteiger partial charge in [0.15, 0.2) is 0 Å². The topological polar surface area (TPSA) is 62.1 Å². The molecule has 0 unspecified atom stereocenters. The fourth-order valence-corrected chi connectivity index (χ4v) is 1.64. The van der Waals surface area contributed by atoms with Crippen LogP contribution < -0.4 is 5.32 Å². The minimum absolute atomic E-state index is 0.0169. The van der Waals surface area contributed by atoms with E-state index in [2.05, 4.69) is 10.1 Å². The van der Waals surface area contributed by atoms with Crippen LogP contribution in [0.15, 0.2) is 30.0 Å². The number of nitrogens with zero attached hydrogens (tertiary/aromatic N) is 1. The van der Waals surface area contributed by atoms with Crippen LogP contribution in [0.3, 0.4) is 0 Å². The summed E-state index contributed by atoms with van der Waals surface area (Å²) in [5.74, 6) is -0.400. The highest BCUT2D eigenvalue weighted by Gasteiger charge is 2.03. The molecule has 0 aliphatic carbocycles. The molecule has 0 heterocycles. The second kappa shape index (κ2) is 7.67. The van der Waals surface area contributed by atoms with Crippen molar-refractivity contribution in [2.45, 2.75) is 6.42 Å². The van der Waals surface area contributed by atoms with Gasteiger partial charge in [0.1, 0.15) is 6.54 Å². The largest absolute Gasteiger partial charge is 0.468 e. The molecule has 0 radical (unpaired) electrons. The van der Waals surface area contributed by atoms with E-state index in [1.165, 1.54) is 13.3 Å². The number of carbonyl (C=O) groups excluding carboxylic acids is 1. The van der Waals surface area contributed by atoms with E-state index < -0.39 is 5.97 Å². The van der Waals surface area contributed by atoms with Crippen LogP contribution in [-0.4, -0.2) is 19.6 Å². The lowest BCUT2D eigenvalue weighted by Gasteiger charge is -2.03. The van der Waals surface area contributed by atoms with Crippen molar-refractivity contribution in [3.8, 4) is 6.07 Å². The molecule has 6 heteroatoms. The van der Waals surface area contributed by atoms with Gasteiger partial charge in [-0.1, -0.05) is 29.3 Å². The number of nitrogens with one attached hydrogen (secondary N) is 1. The second-order valence-corrected chi connectivity index (χ2v) is 4.48. The van der Waals surface area contributed by atoms with Gasteiger partial charge in [0.25, 0.3) is 0 Å². The second-order valence-electron chi connectivity index (χ2n) is 3.66. The molecule has 0 aliphatic heterocycles. The van der Waals surface area contributed by atoms with Gasteiger partial charge < -0.3 is 10.1 Å². The van der Waals surface area contributed by atoms with E-state index in [9.17, 15) is 4.79 Å². The van der Waals surface area contributed by atoms with Gasteiger partial charge in [0, 0.05) is 18.2 Å². The maximum atomic E-state index is 10.9. The molecular formula is C13H12Cl2N2O2. The lowest BCUT2D eigenvalue weighted by atomic mass is 10.1. The van der Waals surface area contributed by atoms with Crippen LogP contribution >= 0.6 is 23.2 Å². The summed E-state index contributed by atoms with van der Waals surface area (Å²) >= 11 is 11.7. The lowest BCUT2D eigenvalue weighted by molar-refractivity contribution is -0.139. The van der Waals surface area contributed by atoms with Crippen molar-refractivity contribution in [2.75, 3.05) is 13.7 Å². The summed E-state index contributed by atoms with van der Waals surface area (Å²) in [5, 5.41) is 12.6. The first-order valence-corrected chi connectivity index (χ1v) is 6.15. The minimum Gasteiger partial charge on any atom is -0.468 e. The lowest BCUT2D eigenvalue weighted by Crippen LogP contribution is -2.19. The molecular weight excluding hydrogens is 287 g/mol. The summed E-state index contributed by atoms with van der Waals surface area (Å²) in [7, 11) is 1.30. The Balaban J connectivity index is 2.66. The predicted molar refractivity (Wildman–Crippen MR) is 73.9 cm³/mol. The predicted octanol–water partition coefficient (Wildman–Crippen LogP) is 2.71. The number of allylic oxidation sites excluding steroid dienone is 1. The van der Waals surface area contributed by atoms with Crippen LogP contribution in [0, 0.1) is 11.3 Å². The first-order valence-electron chi connectivity index (χ1n) is 5.40. The summed E-state index contributed by atoms with van der Waals surface area (Å²) in [6, 6.07) is 7.22. The van der Waals surface area contributed by atoms with Gasteiger partial charge in [-0.05, 0) is 17.7 Å². The van der Waals surface area contributed by atoms with Crippen molar-refractivity contribution in [3.63, 3.8) is 0 Å². The van der Waals surface area contributed by atoms with E-state index in [0.29, 0.717) is 22.0 Å². The van der Waals surface area contributed by atoms with Crippen LogP contribution in [0.25, 0.3) is 0 Å². The quantitative estimate of drug-likeness (QED) is 0.671. The fraction of sp³-hybridized carbons (Fsp3) is 0.231. The fourth-order valence-electron chi connectivity index (χ4n) is 1.32. The molecule has 1 aromatic carbocycles. The normalized spacial score (nSPS) is 10.7. The average Bonchev–Trinajstić information content (AvgIpc) is 2.41. The molecule has 0 aliphatic rings. The highest BCUT2D eigenvalue weighted by molar-refractivity contribution is 6.42. The third kappa shape index (κ3) is 5.21. The van der Waals surface area contributed by atoms with Crippen LogP contribution in [0.2, 0.25) is 10.0 Å². The maximum Gasteiger partial charge on any atom is 0.325 e. The van der Waals surface area contributed by atoms with Crippen molar-refractivity contribution in [2.24, 2.45) is 0 Å². The van der Waals surface area contributed by atoms with Gasteiger partial charge in [-0.15, -0.1) is 0 Å². The molecule has 1 N–H and O–H groups in total. The molecule has 0 aromatic heterocycles. The summed E-state index contributed by atoms with van der Waals surface area (Å²) in [5.41, 5.74) is 1.34. The SMILES string of the molecule is COC(=O)CN/C=C(\C#N)Cc1ccc(Cl)c(Cl)c1. The van der Waals surface area contributed by atoms with Crippen molar-refractivity contribution in [3.05, 3.63) is 45.6 Å². The molecule has 1 rings (SSSR count). The first-order chi connectivity index (χ1) is 9.06. The number of halogens is 2. The van der Waals surface area contributed by atoms with Crippen LogP contribution in [0.4, 0.5) is 0 Å². The van der Waals surface area contributed by atoms with E-state index >= 15 is 0 Å². The van der Waals surface area contributed by atoms with E-state index in [4.69, 9.17) is 28.5 Å². The van der Waals surface area contributed by atoms with Crippen molar-refractivity contribution >= 4 is 29.2 Å². The first kappa shape index (κ1) is 15.4. The molecule has 19 heavy (non-hydrogen) atoms. The highest BCUT2D eigenvalue weighted by Crippen LogP contribution is 2.23. The molecule has 4 nitrogen and oxygen atoms in total. The zero-order valence-corrected chi connectivity index (χ0v) is 11.8. The monoisotopic (exact) mass is 298 g/mol. The number of nitriles is 1. The molecule has 0 spiro atoms. The Morgan fingerprint density at radius 3 is 2.79 bits per heavy atom. The average molecular weight is 299 g/mol. The molecule has 1 aromatic rings. The summed E-state index contributed by atoms with van der Waals surface area (Å²) < 4.78 is 4.47. The Labute approximate surface area is 121 Å². The highest BCUT2D eigenvalue weighted by atomic mass is 35.5. The molecule has 0 amide bonds. The van der Waals surface area contributed by atoms with Gasteiger partial charge in [0.2, 0.25) is 0 Å². The third-order valence-corrected chi connectivity index (χ3v) is 3.01. The van der Waals surface area contributed by atoms with Crippen LogP contribution in [-0.2, 0) is 16.0 Å². The van der Waals surface area contributed by atoms with Crippen molar-refractivity contribution in [1.82, 2.24) is 5.32 Å². The van der Waals surface area contributed by atoms with Crippen LogP contribution in [0.5, 0.6) is 0 Å². The molecule has 0 fully saturated rings. The number of hydrogen-bond donors (Lipinski definition) is 1. The van der Waals surface area contributed by atoms with E-state index in [-0.39, 0.29) is 6.54 Å². The van der Waals surface area contributed by atoms with E-state index in [1.54, 1.807) is 18.2 Å². The smallest absolute Gasteiger partial charge is 0.325 e. The van der Waals surface area contributed by atoms with E-state index in [1.807, 2.05) is 6.07 Å². The Morgan fingerprint density at radius 2 is 2.21 bits per heavy atom. The Bertz CT molecular complexity index is 536. The molecule has 100 valence electrons.